The molecule has 1 unspecified atom stereocenters. The molecular weight excluding hydrogens is 320 g/mol. The molecule has 4 nitrogen and oxygen atoms in total. The fourth-order valence-electron chi connectivity index (χ4n) is 1.28. The predicted molar refractivity (Wildman–Crippen MR) is 74.5 cm³/mol. The van der Waals surface area contributed by atoms with E-state index in [4.69, 9.17) is 11.6 Å². The maximum Gasteiger partial charge on any atom is 0.324 e. The number of hydrogen-bond acceptors (Lipinski definition) is 2. The zero-order valence-electron chi connectivity index (χ0n) is 10.1. The molecule has 1 atom stereocenters. The van der Waals surface area contributed by atoms with Gasteiger partial charge in [0.15, 0.2) is 0 Å². The summed E-state index contributed by atoms with van der Waals surface area (Å²) in [5.74, 6) is -0.497. The van der Waals surface area contributed by atoms with Gasteiger partial charge >= 0.3 is 6.03 Å². The van der Waals surface area contributed by atoms with Crippen molar-refractivity contribution in [1.82, 2.24) is 10.2 Å². The van der Waals surface area contributed by atoms with Crippen LogP contribution in [0.4, 0.5) is 4.79 Å². The smallest absolute Gasteiger partial charge is 0.323 e. The number of urea groups is 1. The van der Waals surface area contributed by atoms with E-state index in [2.05, 4.69) is 21.2 Å². The molecule has 18 heavy (non-hydrogen) atoms. The van der Waals surface area contributed by atoms with E-state index in [9.17, 15) is 9.59 Å². The van der Waals surface area contributed by atoms with Crippen molar-refractivity contribution in [2.45, 2.75) is 18.8 Å². The summed E-state index contributed by atoms with van der Waals surface area (Å²) in [4.78, 5) is 24.4. The number of alkyl halides is 1. The zero-order valence-corrected chi connectivity index (χ0v) is 12.5. The second kappa shape index (κ2) is 6.75. The van der Waals surface area contributed by atoms with Crippen LogP contribution in [0.2, 0.25) is 0 Å². The number of hydrogen-bond donors (Lipinski definition) is 1. The SMILES string of the molecule is CC(Cl)C(=O)NC(=O)N(C)Cc1cccc(Br)c1. The Hall–Kier alpha value is -1.07. The molecule has 6 heteroatoms. The average Bonchev–Trinajstić information content (AvgIpc) is 2.28. The Morgan fingerprint density at radius 3 is 2.72 bits per heavy atom. The van der Waals surface area contributed by atoms with Crippen LogP contribution in [0.15, 0.2) is 28.7 Å². The monoisotopic (exact) mass is 332 g/mol. The molecule has 1 aromatic rings. The summed E-state index contributed by atoms with van der Waals surface area (Å²) in [7, 11) is 1.61. The quantitative estimate of drug-likeness (QED) is 0.865. The number of halogens is 2. The number of imide groups is 1. The van der Waals surface area contributed by atoms with Gasteiger partial charge in [-0.3, -0.25) is 10.1 Å². The molecule has 0 aliphatic heterocycles. The van der Waals surface area contributed by atoms with Gasteiger partial charge in [0.1, 0.15) is 5.38 Å². The fourth-order valence-corrected chi connectivity index (χ4v) is 1.78. The van der Waals surface area contributed by atoms with Crippen LogP contribution in [0.5, 0.6) is 0 Å². The minimum Gasteiger partial charge on any atom is -0.323 e. The van der Waals surface area contributed by atoms with Crippen molar-refractivity contribution >= 4 is 39.5 Å². The van der Waals surface area contributed by atoms with Crippen molar-refractivity contribution in [3.05, 3.63) is 34.3 Å². The van der Waals surface area contributed by atoms with Gasteiger partial charge in [0.05, 0.1) is 0 Å². The molecule has 1 N–H and O–H groups in total. The molecular formula is C12H14BrClN2O2. The van der Waals surface area contributed by atoms with E-state index in [-0.39, 0.29) is 0 Å². The predicted octanol–water partition coefficient (Wildman–Crippen LogP) is 2.74. The minimum atomic E-state index is -0.729. The zero-order chi connectivity index (χ0) is 13.7. The van der Waals surface area contributed by atoms with Crippen molar-refractivity contribution in [1.29, 1.82) is 0 Å². The molecule has 0 saturated carbocycles. The maximum atomic E-state index is 11.7. The van der Waals surface area contributed by atoms with E-state index in [0.29, 0.717) is 6.54 Å². The molecule has 0 fully saturated rings. The van der Waals surface area contributed by atoms with Gasteiger partial charge in [0.2, 0.25) is 5.91 Å². The van der Waals surface area contributed by atoms with E-state index in [1.54, 1.807) is 7.05 Å². The highest BCUT2D eigenvalue weighted by Gasteiger charge is 2.16. The number of nitrogens with one attached hydrogen (secondary N) is 1. The van der Waals surface area contributed by atoms with E-state index in [1.165, 1.54) is 11.8 Å². The Bertz CT molecular complexity index is 451. The number of benzene rings is 1. The van der Waals surface area contributed by atoms with Gasteiger partial charge in [0, 0.05) is 18.1 Å². The molecule has 0 aromatic heterocycles. The fraction of sp³-hybridized carbons (Fsp3) is 0.333. The van der Waals surface area contributed by atoms with Crippen LogP contribution in [-0.2, 0) is 11.3 Å². The third kappa shape index (κ3) is 4.66. The van der Waals surface area contributed by atoms with Crippen molar-refractivity contribution < 1.29 is 9.59 Å². The van der Waals surface area contributed by atoms with Crippen LogP contribution in [0, 0.1) is 0 Å². The van der Waals surface area contributed by atoms with Gasteiger partial charge < -0.3 is 4.90 Å². The first-order valence-corrected chi connectivity index (χ1v) is 6.57. The van der Waals surface area contributed by atoms with Gasteiger partial charge in [-0.2, -0.15) is 0 Å². The van der Waals surface area contributed by atoms with Crippen LogP contribution in [0.1, 0.15) is 12.5 Å². The average molecular weight is 334 g/mol. The normalized spacial score (nSPS) is 11.8. The molecule has 0 saturated heterocycles. The Labute approximate surface area is 119 Å². The first-order valence-electron chi connectivity index (χ1n) is 5.34. The largest absolute Gasteiger partial charge is 0.324 e. The van der Waals surface area contributed by atoms with E-state index in [0.717, 1.165) is 10.0 Å². The minimum absolute atomic E-state index is 0.412. The van der Waals surface area contributed by atoms with Crippen LogP contribution < -0.4 is 5.32 Å². The van der Waals surface area contributed by atoms with Crippen molar-refractivity contribution in [3.63, 3.8) is 0 Å². The van der Waals surface area contributed by atoms with Gasteiger partial charge in [0.25, 0.3) is 0 Å². The summed E-state index contributed by atoms with van der Waals surface area (Å²) in [5.41, 5.74) is 0.966. The highest BCUT2D eigenvalue weighted by molar-refractivity contribution is 9.10. The lowest BCUT2D eigenvalue weighted by atomic mass is 10.2. The summed E-state index contributed by atoms with van der Waals surface area (Å²) in [6.45, 7) is 1.92. The molecule has 0 bridgehead atoms. The highest BCUT2D eigenvalue weighted by Crippen LogP contribution is 2.12. The molecule has 0 aliphatic rings. The Morgan fingerprint density at radius 2 is 2.17 bits per heavy atom. The Kier molecular flexibility index (Phi) is 5.62. The van der Waals surface area contributed by atoms with E-state index >= 15 is 0 Å². The van der Waals surface area contributed by atoms with Crippen molar-refractivity contribution in [2.75, 3.05) is 7.05 Å². The molecule has 0 heterocycles. The lowest BCUT2D eigenvalue weighted by Crippen LogP contribution is -2.42. The van der Waals surface area contributed by atoms with E-state index < -0.39 is 17.3 Å². The highest BCUT2D eigenvalue weighted by atomic mass is 79.9. The number of rotatable bonds is 3. The van der Waals surface area contributed by atoms with Crippen molar-refractivity contribution in [3.8, 4) is 0 Å². The van der Waals surface area contributed by atoms with Crippen LogP contribution in [0.25, 0.3) is 0 Å². The third-order valence-electron chi connectivity index (χ3n) is 2.25. The standard InChI is InChI=1S/C12H14BrClN2O2/c1-8(14)11(17)15-12(18)16(2)7-9-4-3-5-10(13)6-9/h3-6,8H,7H2,1-2H3,(H,15,17,18). The van der Waals surface area contributed by atoms with Gasteiger partial charge in [-0.15, -0.1) is 11.6 Å². The maximum absolute atomic E-state index is 11.7. The van der Waals surface area contributed by atoms with Crippen LogP contribution in [-0.4, -0.2) is 29.3 Å². The number of carbonyl (C=O) groups excluding carboxylic acids is 2. The second-order valence-electron chi connectivity index (χ2n) is 3.90. The summed E-state index contributed by atoms with van der Waals surface area (Å²) in [6.07, 6.45) is 0. The third-order valence-corrected chi connectivity index (χ3v) is 2.94. The number of carbonyl (C=O) groups is 2. The van der Waals surface area contributed by atoms with Gasteiger partial charge in [-0.05, 0) is 24.6 Å². The lowest BCUT2D eigenvalue weighted by molar-refractivity contribution is -0.119. The molecule has 0 radical (unpaired) electrons. The summed E-state index contributed by atoms with van der Waals surface area (Å²) in [6, 6.07) is 7.14. The topological polar surface area (TPSA) is 49.4 Å². The number of nitrogens with zero attached hydrogens (tertiary/aromatic N) is 1. The van der Waals surface area contributed by atoms with Crippen LogP contribution >= 0.6 is 27.5 Å². The molecule has 0 aliphatic carbocycles. The molecule has 1 rings (SSSR count). The first kappa shape index (κ1) is 15.0. The summed E-state index contributed by atoms with van der Waals surface area (Å²) < 4.78 is 0.944. The summed E-state index contributed by atoms with van der Waals surface area (Å²) in [5, 5.41) is 1.49. The molecule has 98 valence electrons. The Morgan fingerprint density at radius 1 is 1.50 bits per heavy atom. The summed E-state index contributed by atoms with van der Waals surface area (Å²) >= 11 is 8.93. The molecule has 1 aromatic carbocycles. The molecule has 0 spiro atoms. The second-order valence-corrected chi connectivity index (χ2v) is 5.47. The Balaban J connectivity index is 2.57. The van der Waals surface area contributed by atoms with Crippen LogP contribution in [0.3, 0.4) is 0 Å². The molecule has 3 amide bonds. The van der Waals surface area contributed by atoms with Crippen molar-refractivity contribution in [2.24, 2.45) is 0 Å². The van der Waals surface area contributed by atoms with Gasteiger partial charge in [-0.1, -0.05) is 28.1 Å². The number of amides is 3. The van der Waals surface area contributed by atoms with E-state index in [1.807, 2.05) is 24.3 Å². The first-order chi connectivity index (χ1) is 8.40. The lowest BCUT2D eigenvalue weighted by Gasteiger charge is -2.18. The van der Waals surface area contributed by atoms with Gasteiger partial charge in [-0.25, -0.2) is 4.79 Å².